The highest BCUT2D eigenvalue weighted by Crippen LogP contribution is 2.24. The minimum atomic E-state index is -0.871. The number of aromatic nitrogens is 1. The van der Waals surface area contributed by atoms with E-state index in [9.17, 15) is 9.59 Å². The van der Waals surface area contributed by atoms with Crippen molar-refractivity contribution in [3.8, 4) is 0 Å². The Hall–Kier alpha value is -2.51. The first-order valence-electron chi connectivity index (χ1n) is 8.55. The van der Waals surface area contributed by atoms with Crippen LogP contribution in [0.2, 0.25) is 0 Å². The number of pyridine rings is 1. The number of fused-ring (bicyclic) bond motifs is 1. The van der Waals surface area contributed by atoms with E-state index in [1.165, 1.54) is 0 Å². The molecular formula is C19H23N3O4. The summed E-state index contributed by atoms with van der Waals surface area (Å²) < 4.78 is 11.3. The number of para-hydroxylation sites is 1. The zero-order valence-corrected chi connectivity index (χ0v) is 15.0. The number of carbonyl (C=O) groups excluding carboxylic acids is 2. The SMILES string of the molecule is CNC(=O)C[C@@]1(OC)COCCN(C(=O)c2cccc3cccnc23)C1. The number of hydrogen-bond acceptors (Lipinski definition) is 5. The molecule has 26 heavy (non-hydrogen) atoms. The smallest absolute Gasteiger partial charge is 0.256 e. The van der Waals surface area contributed by atoms with Crippen LogP contribution in [0.5, 0.6) is 0 Å². The maximum absolute atomic E-state index is 13.2. The van der Waals surface area contributed by atoms with Crippen molar-refractivity contribution >= 4 is 22.7 Å². The third-order valence-electron chi connectivity index (χ3n) is 4.69. The summed E-state index contributed by atoms with van der Waals surface area (Å²) in [5, 5.41) is 3.51. The Labute approximate surface area is 152 Å². The fraction of sp³-hybridized carbons (Fsp3) is 0.421. The summed E-state index contributed by atoms with van der Waals surface area (Å²) in [6.07, 6.45) is 1.80. The van der Waals surface area contributed by atoms with E-state index in [2.05, 4.69) is 10.3 Å². The molecule has 0 bridgehead atoms. The Bertz CT molecular complexity index is 805. The van der Waals surface area contributed by atoms with Gasteiger partial charge in [-0.25, -0.2) is 0 Å². The molecular weight excluding hydrogens is 334 g/mol. The molecule has 1 fully saturated rings. The summed E-state index contributed by atoms with van der Waals surface area (Å²) in [6, 6.07) is 9.32. The normalized spacial score (nSPS) is 20.6. The summed E-state index contributed by atoms with van der Waals surface area (Å²) in [5.41, 5.74) is 0.332. The molecule has 0 radical (unpaired) electrons. The molecule has 1 saturated heterocycles. The van der Waals surface area contributed by atoms with Gasteiger partial charge in [-0.05, 0) is 12.1 Å². The number of carbonyl (C=O) groups is 2. The van der Waals surface area contributed by atoms with E-state index < -0.39 is 5.60 Å². The zero-order valence-electron chi connectivity index (χ0n) is 15.0. The van der Waals surface area contributed by atoms with Crippen molar-refractivity contribution in [2.24, 2.45) is 0 Å². The van der Waals surface area contributed by atoms with Gasteiger partial charge in [0.15, 0.2) is 0 Å². The van der Waals surface area contributed by atoms with Crippen LogP contribution < -0.4 is 5.32 Å². The number of nitrogens with one attached hydrogen (secondary N) is 1. The van der Waals surface area contributed by atoms with E-state index in [1.54, 1.807) is 31.3 Å². The predicted octanol–water partition coefficient (Wildman–Crippen LogP) is 1.23. The van der Waals surface area contributed by atoms with Gasteiger partial charge in [0.1, 0.15) is 5.60 Å². The highest BCUT2D eigenvalue weighted by atomic mass is 16.5. The van der Waals surface area contributed by atoms with Gasteiger partial charge in [0.2, 0.25) is 5.91 Å². The summed E-state index contributed by atoms with van der Waals surface area (Å²) in [5.74, 6) is -0.297. The third-order valence-corrected chi connectivity index (χ3v) is 4.69. The highest BCUT2D eigenvalue weighted by molar-refractivity contribution is 6.05. The second-order valence-electron chi connectivity index (χ2n) is 6.40. The number of methoxy groups -OCH3 is 1. The van der Waals surface area contributed by atoms with Crippen molar-refractivity contribution in [3.63, 3.8) is 0 Å². The molecule has 1 aliphatic rings. The number of ether oxygens (including phenoxy) is 2. The Balaban J connectivity index is 1.91. The second kappa shape index (κ2) is 7.80. The minimum absolute atomic E-state index is 0.123. The van der Waals surface area contributed by atoms with Crippen molar-refractivity contribution in [1.82, 2.24) is 15.2 Å². The molecule has 7 nitrogen and oxygen atoms in total. The first-order valence-corrected chi connectivity index (χ1v) is 8.55. The summed E-state index contributed by atoms with van der Waals surface area (Å²) in [4.78, 5) is 31.2. The second-order valence-corrected chi connectivity index (χ2v) is 6.40. The Kier molecular flexibility index (Phi) is 5.49. The van der Waals surface area contributed by atoms with Gasteiger partial charge >= 0.3 is 0 Å². The van der Waals surface area contributed by atoms with Crippen LogP contribution in [0.1, 0.15) is 16.8 Å². The van der Waals surface area contributed by atoms with Crippen LogP contribution in [0, 0.1) is 0 Å². The molecule has 7 heteroatoms. The van der Waals surface area contributed by atoms with Crippen molar-refractivity contribution in [1.29, 1.82) is 0 Å². The van der Waals surface area contributed by atoms with Gasteiger partial charge < -0.3 is 19.7 Å². The van der Waals surface area contributed by atoms with Gasteiger partial charge in [0.25, 0.3) is 5.91 Å². The molecule has 138 valence electrons. The number of nitrogens with zero attached hydrogens (tertiary/aromatic N) is 2. The van der Waals surface area contributed by atoms with Gasteiger partial charge in [0.05, 0.1) is 37.3 Å². The average Bonchev–Trinajstić information content (AvgIpc) is 2.90. The first-order chi connectivity index (χ1) is 12.6. The minimum Gasteiger partial charge on any atom is -0.377 e. The van der Waals surface area contributed by atoms with Crippen LogP contribution >= 0.6 is 0 Å². The van der Waals surface area contributed by atoms with Crippen molar-refractivity contribution < 1.29 is 19.1 Å². The lowest BCUT2D eigenvalue weighted by Crippen LogP contribution is -2.50. The fourth-order valence-corrected chi connectivity index (χ4v) is 3.21. The molecule has 1 aromatic heterocycles. The molecule has 1 aliphatic heterocycles. The van der Waals surface area contributed by atoms with Crippen LogP contribution in [0.3, 0.4) is 0 Å². The van der Waals surface area contributed by atoms with E-state index in [1.807, 2.05) is 24.3 Å². The van der Waals surface area contributed by atoms with Gasteiger partial charge in [-0.1, -0.05) is 18.2 Å². The Morgan fingerprint density at radius 2 is 2.15 bits per heavy atom. The van der Waals surface area contributed by atoms with Crippen LogP contribution in [0.15, 0.2) is 36.5 Å². The van der Waals surface area contributed by atoms with Crippen LogP contribution in [0.25, 0.3) is 10.9 Å². The molecule has 0 saturated carbocycles. The molecule has 0 aliphatic carbocycles. The fourth-order valence-electron chi connectivity index (χ4n) is 3.21. The maximum Gasteiger partial charge on any atom is 0.256 e. The van der Waals surface area contributed by atoms with Crippen LogP contribution in [0.4, 0.5) is 0 Å². The number of amides is 2. The Morgan fingerprint density at radius 3 is 2.92 bits per heavy atom. The molecule has 2 heterocycles. The zero-order chi connectivity index (χ0) is 18.6. The topological polar surface area (TPSA) is 80.8 Å². The monoisotopic (exact) mass is 357 g/mol. The van der Waals surface area contributed by atoms with Crippen molar-refractivity contribution in [3.05, 3.63) is 42.1 Å². The lowest BCUT2D eigenvalue weighted by atomic mass is 9.98. The van der Waals surface area contributed by atoms with E-state index in [0.717, 1.165) is 5.39 Å². The molecule has 0 spiro atoms. The van der Waals surface area contributed by atoms with Crippen LogP contribution in [-0.2, 0) is 14.3 Å². The molecule has 2 aromatic rings. The molecule has 1 atom stereocenters. The van der Waals surface area contributed by atoms with Gasteiger partial charge in [0, 0.05) is 32.3 Å². The van der Waals surface area contributed by atoms with Crippen molar-refractivity contribution in [2.75, 3.05) is 40.5 Å². The quantitative estimate of drug-likeness (QED) is 0.890. The first kappa shape index (κ1) is 18.3. The molecule has 2 amide bonds. The van der Waals surface area contributed by atoms with E-state index >= 15 is 0 Å². The number of rotatable bonds is 4. The van der Waals surface area contributed by atoms with Crippen LogP contribution in [-0.4, -0.2) is 67.8 Å². The summed E-state index contributed by atoms with van der Waals surface area (Å²) in [7, 11) is 3.12. The maximum atomic E-state index is 13.2. The molecule has 3 rings (SSSR count). The number of hydrogen-bond donors (Lipinski definition) is 1. The highest BCUT2D eigenvalue weighted by Gasteiger charge is 2.39. The van der Waals surface area contributed by atoms with Gasteiger partial charge in [-0.15, -0.1) is 0 Å². The third kappa shape index (κ3) is 3.68. The summed E-state index contributed by atoms with van der Waals surface area (Å²) in [6.45, 7) is 1.36. The molecule has 1 N–H and O–H groups in total. The predicted molar refractivity (Wildman–Crippen MR) is 96.9 cm³/mol. The van der Waals surface area contributed by atoms with Crippen molar-refractivity contribution in [2.45, 2.75) is 12.0 Å². The van der Waals surface area contributed by atoms with Gasteiger partial charge in [-0.2, -0.15) is 0 Å². The Morgan fingerprint density at radius 1 is 1.35 bits per heavy atom. The van der Waals surface area contributed by atoms with E-state index in [-0.39, 0.29) is 31.4 Å². The largest absolute Gasteiger partial charge is 0.377 e. The lowest BCUT2D eigenvalue weighted by molar-refractivity contribution is -0.131. The standard InChI is InChI=1S/C19H23N3O4/c1-20-16(23)11-19(25-2)12-22(9-10-26-13-19)18(24)15-7-3-5-14-6-4-8-21-17(14)15/h3-8H,9-13H2,1-2H3,(H,20,23)/t19-/m0/s1. The average molecular weight is 357 g/mol. The number of benzene rings is 1. The lowest BCUT2D eigenvalue weighted by Gasteiger charge is -2.33. The summed E-state index contributed by atoms with van der Waals surface area (Å²) >= 11 is 0. The molecule has 1 aromatic carbocycles. The van der Waals surface area contributed by atoms with Gasteiger partial charge in [-0.3, -0.25) is 14.6 Å². The molecule has 0 unspecified atom stereocenters. The van der Waals surface area contributed by atoms with E-state index in [0.29, 0.717) is 24.2 Å². The van der Waals surface area contributed by atoms with E-state index in [4.69, 9.17) is 9.47 Å².